The first-order chi connectivity index (χ1) is 11.3. The van der Waals surface area contributed by atoms with Crippen LogP contribution in [0.5, 0.6) is 0 Å². The number of nitrogens with two attached hydrogens (primary N) is 1. The molecule has 10 heteroatoms. The number of hydrogen-bond donors (Lipinski definition) is 5. The Morgan fingerprint density at radius 1 is 1.58 bits per heavy atom. The van der Waals surface area contributed by atoms with Crippen LogP contribution in [0.4, 0.5) is 5.95 Å². The number of aromatic nitrogens is 4. The molecule has 0 spiro atoms. The van der Waals surface area contributed by atoms with Crippen molar-refractivity contribution in [2.75, 3.05) is 5.73 Å². The van der Waals surface area contributed by atoms with Crippen molar-refractivity contribution in [2.24, 2.45) is 0 Å². The van der Waals surface area contributed by atoms with E-state index in [2.05, 4.69) is 26.8 Å². The molecule has 1 fully saturated rings. The summed E-state index contributed by atoms with van der Waals surface area (Å²) in [4.78, 5) is 22.1. The fourth-order valence-corrected chi connectivity index (χ4v) is 2.83. The number of ether oxygens (including phenoxy) is 1. The van der Waals surface area contributed by atoms with Gasteiger partial charge in [-0.1, -0.05) is 5.92 Å². The summed E-state index contributed by atoms with van der Waals surface area (Å²) in [5, 5.41) is 31.0. The molecular weight excluding hydrogens is 318 g/mol. The second kappa shape index (κ2) is 5.57. The highest BCUT2D eigenvalue weighted by Crippen LogP contribution is 2.40. The predicted octanol–water partition coefficient (Wildman–Crippen LogP) is -1.90. The summed E-state index contributed by atoms with van der Waals surface area (Å²) in [6.45, 7) is 2.91. The molecule has 1 aliphatic rings. The van der Waals surface area contributed by atoms with Gasteiger partial charge in [0.25, 0.3) is 5.56 Å². The lowest BCUT2D eigenvalue weighted by atomic mass is 9.93. The highest BCUT2D eigenvalue weighted by atomic mass is 16.6. The van der Waals surface area contributed by atoms with Crippen molar-refractivity contribution in [1.82, 2.24) is 19.5 Å². The van der Waals surface area contributed by atoms with E-state index in [9.17, 15) is 20.1 Å². The molecule has 1 aliphatic heterocycles. The molecule has 6 N–H and O–H groups in total. The molecule has 3 heterocycles. The minimum Gasteiger partial charge on any atom is -0.391 e. The number of rotatable bonds is 2. The van der Waals surface area contributed by atoms with E-state index >= 15 is 0 Å². The van der Waals surface area contributed by atoms with Crippen LogP contribution in [-0.2, 0) is 4.74 Å². The SMILES string of the molecule is CC#C[C@@]1(O)C(O)[C@@H]([C@@H](C)O)O[C@H]1n1cnc2c(=O)[nH]c(N)nc21. The number of imidazole rings is 1. The maximum atomic E-state index is 11.9. The normalized spacial score (nSPS) is 31.0. The molecule has 128 valence electrons. The Bertz CT molecular complexity index is 894. The lowest BCUT2D eigenvalue weighted by Crippen LogP contribution is -2.47. The van der Waals surface area contributed by atoms with Crippen molar-refractivity contribution in [1.29, 1.82) is 0 Å². The Morgan fingerprint density at radius 2 is 2.29 bits per heavy atom. The van der Waals surface area contributed by atoms with Gasteiger partial charge in [-0.05, 0) is 13.8 Å². The highest BCUT2D eigenvalue weighted by Gasteiger charge is 2.57. The summed E-state index contributed by atoms with van der Waals surface area (Å²) >= 11 is 0. The summed E-state index contributed by atoms with van der Waals surface area (Å²) in [7, 11) is 0. The van der Waals surface area contributed by atoms with Gasteiger partial charge in [-0.2, -0.15) is 4.98 Å². The molecule has 1 unspecified atom stereocenters. The highest BCUT2D eigenvalue weighted by molar-refractivity contribution is 5.70. The van der Waals surface area contributed by atoms with E-state index < -0.39 is 35.7 Å². The lowest BCUT2D eigenvalue weighted by Gasteiger charge is -2.26. The average molecular weight is 335 g/mol. The molecule has 1 saturated heterocycles. The number of anilines is 1. The number of fused-ring (bicyclic) bond motifs is 1. The van der Waals surface area contributed by atoms with Crippen LogP contribution in [0.25, 0.3) is 11.2 Å². The topological polar surface area (TPSA) is 160 Å². The number of H-pyrrole nitrogens is 1. The first-order valence-electron chi connectivity index (χ1n) is 7.19. The van der Waals surface area contributed by atoms with Gasteiger partial charge in [0.15, 0.2) is 23.0 Å². The van der Waals surface area contributed by atoms with E-state index in [1.54, 1.807) is 0 Å². The first-order valence-corrected chi connectivity index (χ1v) is 7.19. The van der Waals surface area contributed by atoms with Gasteiger partial charge in [0.05, 0.1) is 12.4 Å². The number of aliphatic hydroxyl groups excluding tert-OH is 2. The van der Waals surface area contributed by atoms with Crippen molar-refractivity contribution in [3.8, 4) is 11.8 Å². The average Bonchev–Trinajstić information content (AvgIpc) is 3.00. The van der Waals surface area contributed by atoms with Crippen molar-refractivity contribution in [2.45, 2.75) is 44.0 Å². The maximum Gasteiger partial charge on any atom is 0.280 e. The van der Waals surface area contributed by atoms with E-state index in [-0.39, 0.29) is 17.1 Å². The monoisotopic (exact) mass is 335 g/mol. The van der Waals surface area contributed by atoms with Crippen LogP contribution in [0.3, 0.4) is 0 Å². The van der Waals surface area contributed by atoms with E-state index in [0.717, 1.165) is 0 Å². The van der Waals surface area contributed by atoms with Gasteiger partial charge in [-0.15, -0.1) is 5.92 Å². The molecule has 0 aromatic carbocycles. The second-order valence-electron chi connectivity index (χ2n) is 5.61. The summed E-state index contributed by atoms with van der Waals surface area (Å²) < 4.78 is 6.87. The molecule has 2 aromatic heterocycles. The fraction of sp³-hybridized carbons (Fsp3) is 0.500. The molecule has 24 heavy (non-hydrogen) atoms. The van der Waals surface area contributed by atoms with Crippen LogP contribution in [0.1, 0.15) is 20.1 Å². The zero-order chi connectivity index (χ0) is 17.6. The Hall–Kier alpha value is -2.45. The van der Waals surface area contributed by atoms with Gasteiger partial charge in [0, 0.05) is 0 Å². The molecule has 2 aromatic rings. The maximum absolute atomic E-state index is 11.9. The smallest absolute Gasteiger partial charge is 0.280 e. The number of aromatic amines is 1. The van der Waals surface area contributed by atoms with Gasteiger partial charge >= 0.3 is 0 Å². The summed E-state index contributed by atoms with van der Waals surface area (Å²) in [6, 6.07) is 0. The van der Waals surface area contributed by atoms with Crippen molar-refractivity contribution in [3.63, 3.8) is 0 Å². The molecular formula is C14H17N5O5. The minimum absolute atomic E-state index is 0.00501. The zero-order valence-corrected chi connectivity index (χ0v) is 13.0. The van der Waals surface area contributed by atoms with Crippen molar-refractivity contribution < 1.29 is 20.1 Å². The third kappa shape index (κ3) is 2.26. The number of nitrogen functional groups attached to an aromatic ring is 1. The molecule has 10 nitrogen and oxygen atoms in total. The third-order valence-electron chi connectivity index (χ3n) is 3.93. The van der Waals surface area contributed by atoms with Gasteiger partial charge in [-0.3, -0.25) is 14.3 Å². The van der Waals surface area contributed by atoms with Crippen LogP contribution in [0.15, 0.2) is 11.1 Å². The van der Waals surface area contributed by atoms with Crippen molar-refractivity contribution in [3.05, 3.63) is 16.7 Å². The van der Waals surface area contributed by atoms with Gasteiger partial charge in [0.2, 0.25) is 5.95 Å². The van der Waals surface area contributed by atoms with Crippen LogP contribution in [0, 0.1) is 11.8 Å². The van der Waals surface area contributed by atoms with E-state index in [0.29, 0.717) is 0 Å². The summed E-state index contributed by atoms with van der Waals surface area (Å²) in [6.07, 6.45) is -3.63. The Morgan fingerprint density at radius 3 is 2.92 bits per heavy atom. The summed E-state index contributed by atoms with van der Waals surface area (Å²) in [5.74, 6) is 4.91. The zero-order valence-electron chi connectivity index (χ0n) is 13.0. The van der Waals surface area contributed by atoms with Crippen molar-refractivity contribution >= 4 is 17.1 Å². The lowest BCUT2D eigenvalue weighted by molar-refractivity contribution is -0.0847. The standard InChI is InChI=1S/C14H17N5O5/c1-3-4-14(23)9(21)8(6(2)20)24-12(14)19-5-16-7-10(19)17-13(15)18-11(7)22/h5-6,8-9,12,20-21,23H,1-2H3,(H3,15,17,18,22)/t6-,8-,9?,12-,14-/m1/s1. The van der Waals surface area contributed by atoms with Crippen LogP contribution >= 0.6 is 0 Å². The Kier molecular flexibility index (Phi) is 3.81. The molecule has 0 aliphatic carbocycles. The van der Waals surface area contributed by atoms with Crippen LogP contribution in [0.2, 0.25) is 0 Å². The minimum atomic E-state index is -2.02. The predicted molar refractivity (Wildman–Crippen MR) is 82.6 cm³/mol. The molecule has 5 atom stereocenters. The molecule has 0 bridgehead atoms. The van der Waals surface area contributed by atoms with E-state index in [4.69, 9.17) is 10.5 Å². The molecule has 0 radical (unpaired) electrons. The Balaban J connectivity index is 2.20. The number of aliphatic hydroxyl groups is 3. The first kappa shape index (κ1) is 16.4. The molecule has 0 amide bonds. The second-order valence-corrected chi connectivity index (χ2v) is 5.61. The molecule has 0 saturated carbocycles. The van der Waals surface area contributed by atoms with Gasteiger partial charge in [-0.25, -0.2) is 4.98 Å². The number of hydrogen-bond acceptors (Lipinski definition) is 8. The van der Waals surface area contributed by atoms with Crippen LogP contribution in [-0.4, -0.2) is 58.8 Å². The quantitative estimate of drug-likeness (QED) is 0.398. The van der Waals surface area contributed by atoms with E-state index in [1.807, 2.05) is 0 Å². The van der Waals surface area contributed by atoms with E-state index in [1.165, 1.54) is 24.7 Å². The van der Waals surface area contributed by atoms with Crippen LogP contribution < -0.4 is 11.3 Å². The fourth-order valence-electron chi connectivity index (χ4n) is 2.83. The van der Waals surface area contributed by atoms with Gasteiger partial charge < -0.3 is 25.8 Å². The Labute approximate surface area is 135 Å². The summed E-state index contributed by atoms with van der Waals surface area (Å²) in [5.41, 5.74) is 3.04. The number of nitrogens with zero attached hydrogens (tertiary/aromatic N) is 3. The van der Waals surface area contributed by atoms with Gasteiger partial charge in [0.1, 0.15) is 12.2 Å². The number of nitrogens with one attached hydrogen (secondary N) is 1. The third-order valence-corrected chi connectivity index (χ3v) is 3.93. The largest absolute Gasteiger partial charge is 0.391 e. The molecule has 3 rings (SSSR count).